The molecule has 2 unspecified atom stereocenters. The van der Waals surface area contributed by atoms with Gasteiger partial charge in [-0.3, -0.25) is 4.79 Å². The van der Waals surface area contributed by atoms with Crippen LogP contribution >= 0.6 is 0 Å². The van der Waals surface area contributed by atoms with E-state index in [9.17, 15) is 4.79 Å². The lowest BCUT2D eigenvalue weighted by Gasteiger charge is -2.11. The van der Waals surface area contributed by atoms with Gasteiger partial charge in [0, 0.05) is 19.7 Å². The van der Waals surface area contributed by atoms with Gasteiger partial charge >= 0.3 is 0 Å². The Balaban J connectivity index is 3.44. The van der Waals surface area contributed by atoms with Gasteiger partial charge in [0.15, 0.2) is 0 Å². The zero-order valence-corrected chi connectivity index (χ0v) is 7.96. The molecule has 12 heavy (non-hydrogen) atoms. The Morgan fingerprint density at radius 3 is 2.58 bits per heavy atom. The highest BCUT2D eigenvalue weighted by molar-refractivity contribution is 5.80. The van der Waals surface area contributed by atoms with Crippen LogP contribution in [0, 0.1) is 0 Å². The van der Waals surface area contributed by atoms with E-state index >= 15 is 0 Å². The SMILES string of the molecule is COC(C)C(=O)NCCC(C)N. The molecule has 0 aliphatic rings. The van der Waals surface area contributed by atoms with Gasteiger partial charge in [0.25, 0.3) is 0 Å². The predicted molar refractivity (Wildman–Crippen MR) is 47.7 cm³/mol. The lowest BCUT2D eigenvalue weighted by molar-refractivity contribution is -0.130. The molecule has 3 N–H and O–H groups in total. The summed E-state index contributed by atoms with van der Waals surface area (Å²) in [5.74, 6) is -0.0850. The normalized spacial score (nSPS) is 15.3. The average molecular weight is 174 g/mol. The van der Waals surface area contributed by atoms with Crippen molar-refractivity contribution < 1.29 is 9.53 Å². The minimum atomic E-state index is -0.377. The average Bonchev–Trinajstić information content (AvgIpc) is 2.02. The monoisotopic (exact) mass is 174 g/mol. The fraction of sp³-hybridized carbons (Fsp3) is 0.875. The molecule has 0 fully saturated rings. The van der Waals surface area contributed by atoms with Crippen molar-refractivity contribution in [2.24, 2.45) is 5.73 Å². The maximum absolute atomic E-state index is 11.1. The molecule has 0 aliphatic heterocycles. The summed E-state index contributed by atoms with van der Waals surface area (Å²) in [6.07, 6.45) is 0.417. The van der Waals surface area contributed by atoms with E-state index in [-0.39, 0.29) is 18.1 Å². The second-order valence-electron chi connectivity index (χ2n) is 2.93. The van der Waals surface area contributed by atoms with E-state index in [4.69, 9.17) is 10.5 Å². The van der Waals surface area contributed by atoms with E-state index < -0.39 is 0 Å². The first kappa shape index (κ1) is 11.4. The Bertz CT molecular complexity index is 137. The second kappa shape index (κ2) is 5.97. The van der Waals surface area contributed by atoms with E-state index in [0.29, 0.717) is 6.54 Å². The van der Waals surface area contributed by atoms with Gasteiger partial charge in [-0.25, -0.2) is 0 Å². The van der Waals surface area contributed by atoms with E-state index in [2.05, 4.69) is 5.32 Å². The number of ether oxygens (including phenoxy) is 1. The van der Waals surface area contributed by atoms with Crippen LogP contribution in [-0.4, -0.2) is 31.7 Å². The van der Waals surface area contributed by atoms with E-state index in [1.165, 1.54) is 7.11 Å². The van der Waals surface area contributed by atoms with Crippen molar-refractivity contribution in [2.75, 3.05) is 13.7 Å². The minimum absolute atomic E-state index is 0.0850. The molecule has 0 saturated heterocycles. The van der Waals surface area contributed by atoms with Gasteiger partial charge in [0.1, 0.15) is 6.10 Å². The molecule has 0 rings (SSSR count). The first-order valence-corrected chi connectivity index (χ1v) is 4.14. The summed E-state index contributed by atoms with van der Waals surface area (Å²) in [6.45, 7) is 4.23. The van der Waals surface area contributed by atoms with Crippen molar-refractivity contribution >= 4 is 5.91 Å². The maximum Gasteiger partial charge on any atom is 0.248 e. The van der Waals surface area contributed by atoms with Crippen molar-refractivity contribution in [1.29, 1.82) is 0 Å². The van der Waals surface area contributed by atoms with Gasteiger partial charge in [0.05, 0.1) is 0 Å². The molecule has 0 aliphatic carbocycles. The van der Waals surface area contributed by atoms with E-state index in [0.717, 1.165) is 6.42 Å². The number of rotatable bonds is 5. The van der Waals surface area contributed by atoms with Gasteiger partial charge in [-0.05, 0) is 20.3 Å². The minimum Gasteiger partial charge on any atom is -0.372 e. The lowest BCUT2D eigenvalue weighted by atomic mass is 10.2. The highest BCUT2D eigenvalue weighted by atomic mass is 16.5. The van der Waals surface area contributed by atoms with Crippen LogP contribution in [-0.2, 0) is 9.53 Å². The molecule has 0 bridgehead atoms. The van der Waals surface area contributed by atoms with Crippen LogP contribution in [0.2, 0.25) is 0 Å². The van der Waals surface area contributed by atoms with Crippen molar-refractivity contribution in [3.05, 3.63) is 0 Å². The number of methoxy groups -OCH3 is 1. The molecule has 4 heteroatoms. The molecule has 0 heterocycles. The molecule has 72 valence electrons. The Labute approximate surface area is 73.5 Å². The molecule has 0 spiro atoms. The quantitative estimate of drug-likeness (QED) is 0.610. The predicted octanol–water partition coefficient (Wildman–Crippen LogP) is -0.125. The molecule has 2 atom stereocenters. The Kier molecular flexibility index (Phi) is 5.66. The number of nitrogens with one attached hydrogen (secondary N) is 1. The summed E-state index contributed by atoms with van der Waals surface area (Å²) >= 11 is 0. The Morgan fingerprint density at radius 1 is 1.58 bits per heavy atom. The molecule has 0 aromatic carbocycles. The Hall–Kier alpha value is -0.610. The van der Waals surface area contributed by atoms with Crippen LogP contribution in [0.4, 0.5) is 0 Å². The fourth-order valence-electron chi connectivity index (χ4n) is 0.674. The summed E-state index contributed by atoms with van der Waals surface area (Å²) in [5, 5.41) is 2.72. The lowest BCUT2D eigenvalue weighted by Crippen LogP contribution is -2.36. The van der Waals surface area contributed by atoms with E-state index in [1.54, 1.807) is 6.92 Å². The largest absolute Gasteiger partial charge is 0.372 e. The molecule has 0 aromatic heterocycles. The molecule has 4 nitrogen and oxygen atoms in total. The second-order valence-corrected chi connectivity index (χ2v) is 2.93. The molecule has 0 aromatic rings. The number of nitrogens with two attached hydrogens (primary N) is 1. The third-order valence-corrected chi connectivity index (χ3v) is 1.62. The van der Waals surface area contributed by atoms with Crippen LogP contribution in [0.15, 0.2) is 0 Å². The third-order valence-electron chi connectivity index (χ3n) is 1.62. The zero-order chi connectivity index (χ0) is 9.56. The van der Waals surface area contributed by atoms with Gasteiger partial charge in [0.2, 0.25) is 5.91 Å². The van der Waals surface area contributed by atoms with Crippen LogP contribution in [0.1, 0.15) is 20.3 Å². The first-order valence-electron chi connectivity index (χ1n) is 4.14. The van der Waals surface area contributed by atoms with Crippen molar-refractivity contribution in [3.63, 3.8) is 0 Å². The Morgan fingerprint density at radius 2 is 2.17 bits per heavy atom. The number of hydrogen-bond donors (Lipinski definition) is 2. The number of hydrogen-bond acceptors (Lipinski definition) is 3. The van der Waals surface area contributed by atoms with E-state index in [1.807, 2.05) is 6.92 Å². The van der Waals surface area contributed by atoms with Gasteiger partial charge in [-0.15, -0.1) is 0 Å². The number of carbonyl (C=O) groups excluding carboxylic acids is 1. The summed E-state index contributed by atoms with van der Waals surface area (Å²) in [6, 6.07) is 0.128. The van der Waals surface area contributed by atoms with Crippen LogP contribution < -0.4 is 11.1 Å². The topological polar surface area (TPSA) is 64.3 Å². The van der Waals surface area contributed by atoms with Crippen LogP contribution in [0.3, 0.4) is 0 Å². The fourth-order valence-corrected chi connectivity index (χ4v) is 0.674. The number of amides is 1. The highest BCUT2D eigenvalue weighted by Gasteiger charge is 2.09. The zero-order valence-electron chi connectivity index (χ0n) is 7.96. The van der Waals surface area contributed by atoms with Crippen LogP contribution in [0.25, 0.3) is 0 Å². The van der Waals surface area contributed by atoms with Crippen molar-refractivity contribution in [2.45, 2.75) is 32.4 Å². The van der Waals surface area contributed by atoms with Gasteiger partial charge < -0.3 is 15.8 Å². The third kappa shape index (κ3) is 5.09. The summed E-state index contributed by atoms with van der Waals surface area (Å²) in [5.41, 5.74) is 5.50. The summed E-state index contributed by atoms with van der Waals surface area (Å²) < 4.78 is 4.83. The summed E-state index contributed by atoms with van der Waals surface area (Å²) in [7, 11) is 1.51. The maximum atomic E-state index is 11.1. The molecular weight excluding hydrogens is 156 g/mol. The van der Waals surface area contributed by atoms with Gasteiger partial charge in [-0.1, -0.05) is 0 Å². The van der Waals surface area contributed by atoms with Crippen molar-refractivity contribution in [1.82, 2.24) is 5.32 Å². The van der Waals surface area contributed by atoms with Gasteiger partial charge in [-0.2, -0.15) is 0 Å². The molecule has 0 saturated carbocycles. The highest BCUT2D eigenvalue weighted by Crippen LogP contribution is 1.88. The first-order chi connectivity index (χ1) is 5.57. The molecule has 0 radical (unpaired) electrons. The molecular formula is C8H18N2O2. The van der Waals surface area contributed by atoms with Crippen molar-refractivity contribution in [3.8, 4) is 0 Å². The standard InChI is InChI=1S/C8H18N2O2/c1-6(9)4-5-10-8(11)7(2)12-3/h6-7H,4-5,9H2,1-3H3,(H,10,11). The smallest absolute Gasteiger partial charge is 0.248 e. The summed E-state index contributed by atoms with van der Waals surface area (Å²) in [4.78, 5) is 11.1. The van der Waals surface area contributed by atoms with Crippen LogP contribution in [0.5, 0.6) is 0 Å². The number of carbonyl (C=O) groups is 1. The molecule has 1 amide bonds.